The molecule has 2 N–H and O–H groups in total. The van der Waals surface area contributed by atoms with Crippen LogP contribution in [0.5, 0.6) is 5.75 Å². The summed E-state index contributed by atoms with van der Waals surface area (Å²) in [5.41, 5.74) is 3.49. The minimum Gasteiger partial charge on any atom is -0.497 e. The molecule has 0 amide bonds. The van der Waals surface area contributed by atoms with Gasteiger partial charge in [0.05, 0.1) is 7.11 Å². The Balaban J connectivity index is 1.66. The maximum Gasteiger partial charge on any atom is 0.170 e. The molecule has 0 aromatic heterocycles. The Morgan fingerprint density at radius 3 is 2.58 bits per heavy atom. The van der Waals surface area contributed by atoms with Gasteiger partial charge in [-0.15, -0.1) is 11.8 Å². The molecule has 0 fully saturated rings. The highest BCUT2D eigenvalue weighted by Crippen LogP contribution is 2.21. The predicted molar refractivity (Wildman–Crippen MR) is 108 cm³/mol. The summed E-state index contributed by atoms with van der Waals surface area (Å²) < 4.78 is 5.16. The lowest BCUT2D eigenvalue weighted by atomic mass is 10.1. The topological polar surface area (TPSA) is 33.3 Å². The number of benzene rings is 2. The first-order valence-electron chi connectivity index (χ1n) is 7.97. The molecule has 0 bridgehead atoms. The number of nitrogens with one attached hydrogen (secondary N) is 2. The van der Waals surface area contributed by atoms with Crippen LogP contribution in [0.1, 0.15) is 17.5 Å². The van der Waals surface area contributed by atoms with Crippen LogP contribution in [0.15, 0.2) is 47.4 Å². The average Bonchev–Trinajstić information content (AvgIpc) is 2.58. The molecule has 0 saturated heterocycles. The van der Waals surface area contributed by atoms with Crippen molar-refractivity contribution in [3.05, 3.63) is 53.6 Å². The van der Waals surface area contributed by atoms with Crippen LogP contribution in [-0.4, -0.2) is 24.5 Å². The number of methoxy groups -OCH3 is 1. The molecule has 128 valence electrons. The first kappa shape index (κ1) is 18.6. The van der Waals surface area contributed by atoms with Gasteiger partial charge >= 0.3 is 0 Å². The summed E-state index contributed by atoms with van der Waals surface area (Å²) in [6, 6.07) is 14.5. The van der Waals surface area contributed by atoms with E-state index in [9.17, 15) is 0 Å². The van der Waals surface area contributed by atoms with Gasteiger partial charge in [-0.1, -0.05) is 12.1 Å². The number of hydrogen-bond acceptors (Lipinski definition) is 3. The molecule has 24 heavy (non-hydrogen) atoms. The highest BCUT2D eigenvalue weighted by Gasteiger charge is 2.01. The van der Waals surface area contributed by atoms with E-state index in [0.29, 0.717) is 5.11 Å². The maximum absolute atomic E-state index is 5.37. The Morgan fingerprint density at radius 2 is 1.88 bits per heavy atom. The Bertz CT molecular complexity index is 672. The van der Waals surface area contributed by atoms with Crippen LogP contribution in [0.3, 0.4) is 0 Å². The number of thioether (sulfide) groups is 1. The molecule has 0 saturated carbocycles. The summed E-state index contributed by atoms with van der Waals surface area (Å²) in [6.45, 7) is 5.02. The first-order valence-corrected chi connectivity index (χ1v) is 9.37. The SMILES string of the molecule is COc1ccc(SCCCNC(=S)Nc2cc(C)ccc2C)cc1. The lowest BCUT2D eigenvalue weighted by Crippen LogP contribution is -2.29. The molecule has 0 spiro atoms. The van der Waals surface area contributed by atoms with Crippen LogP contribution >= 0.6 is 24.0 Å². The molecule has 0 aliphatic heterocycles. The van der Waals surface area contributed by atoms with Gasteiger partial charge in [-0.25, -0.2) is 0 Å². The fourth-order valence-corrected chi connectivity index (χ4v) is 3.24. The minimum absolute atomic E-state index is 0.679. The quantitative estimate of drug-likeness (QED) is 0.422. The zero-order chi connectivity index (χ0) is 17.4. The van der Waals surface area contributed by atoms with Gasteiger partial charge in [-0.2, -0.15) is 0 Å². The Labute approximate surface area is 154 Å². The summed E-state index contributed by atoms with van der Waals surface area (Å²) in [6.07, 6.45) is 1.05. The molecule has 2 aromatic carbocycles. The van der Waals surface area contributed by atoms with Crippen LogP contribution < -0.4 is 15.4 Å². The van der Waals surface area contributed by atoms with Crippen molar-refractivity contribution in [2.45, 2.75) is 25.2 Å². The third-order valence-corrected chi connectivity index (χ3v) is 4.92. The highest BCUT2D eigenvalue weighted by atomic mass is 32.2. The first-order chi connectivity index (χ1) is 11.6. The van der Waals surface area contributed by atoms with Gasteiger partial charge in [0.15, 0.2) is 5.11 Å². The molecule has 0 aliphatic rings. The van der Waals surface area contributed by atoms with Crippen molar-refractivity contribution in [3.63, 3.8) is 0 Å². The predicted octanol–water partition coefficient (Wildman–Crippen LogP) is 4.78. The lowest BCUT2D eigenvalue weighted by molar-refractivity contribution is 0.414. The van der Waals surface area contributed by atoms with E-state index in [-0.39, 0.29) is 0 Å². The highest BCUT2D eigenvalue weighted by molar-refractivity contribution is 7.99. The summed E-state index contributed by atoms with van der Waals surface area (Å²) in [5.74, 6) is 1.94. The molecular formula is C19H24N2OS2. The van der Waals surface area contributed by atoms with Crippen molar-refractivity contribution in [3.8, 4) is 5.75 Å². The molecule has 0 unspecified atom stereocenters. The third-order valence-electron chi connectivity index (χ3n) is 3.58. The minimum atomic E-state index is 0.679. The Kier molecular flexibility index (Phi) is 7.40. The second kappa shape index (κ2) is 9.55. The Hall–Kier alpha value is -1.72. The van der Waals surface area contributed by atoms with Crippen LogP contribution in [0.2, 0.25) is 0 Å². The summed E-state index contributed by atoms with van der Waals surface area (Å²) in [5, 5.41) is 7.22. The second-order valence-corrected chi connectivity index (χ2v) is 7.15. The largest absolute Gasteiger partial charge is 0.497 e. The van der Waals surface area contributed by atoms with Gasteiger partial charge in [-0.05, 0) is 79.7 Å². The zero-order valence-corrected chi connectivity index (χ0v) is 16.0. The zero-order valence-electron chi connectivity index (χ0n) is 14.4. The average molecular weight is 361 g/mol. The van der Waals surface area contributed by atoms with Crippen LogP contribution in [0.4, 0.5) is 5.69 Å². The van der Waals surface area contributed by atoms with E-state index >= 15 is 0 Å². The summed E-state index contributed by atoms with van der Waals surface area (Å²) in [7, 11) is 1.68. The number of anilines is 1. The third kappa shape index (κ3) is 6.06. The van der Waals surface area contributed by atoms with Gasteiger partial charge in [-0.3, -0.25) is 0 Å². The number of thiocarbonyl (C=S) groups is 1. The van der Waals surface area contributed by atoms with Gasteiger partial charge in [0.2, 0.25) is 0 Å². The van der Waals surface area contributed by atoms with Crippen molar-refractivity contribution in [1.29, 1.82) is 0 Å². The lowest BCUT2D eigenvalue weighted by Gasteiger charge is -2.13. The van der Waals surface area contributed by atoms with E-state index in [2.05, 4.69) is 54.8 Å². The number of hydrogen-bond donors (Lipinski definition) is 2. The van der Waals surface area contributed by atoms with Crippen molar-refractivity contribution < 1.29 is 4.74 Å². The normalized spacial score (nSPS) is 10.3. The molecular weight excluding hydrogens is 336 g/mol. The summed E-state index contributed by atoms with van der Waals surface area (Å²) in [4.78, 5) is 1.26. The van der Waals surface area contributed by atoms with Gasteiger partial charge < -0.3 is 15.4 Å². The van der Waals surface area contributed by atoms with Crippen LogP contribution in [0, 0.1) is 13.8 Å². The van der Waals surface area contributed by atoms with Crippen molar-refractivity contribution >= 4 is 34.8 Å². The fraction of sp³-hybridized carbons (Fsp3) is 0.316. The van der Waals surface area contributed by atoms with Crippen LogP contribution in [-0.2, 0) is 0 Å². The second-order valence-electron chi connectivity index (χ2n) is 5.58. The van der Waals surface area contributed by atoms with E-state index in [1.54, 1.807) is 7.11 Å². The van der Waals surface area contributed by atoms with Crippen molar-refractivity contribution in [1.82, 2.24) is 5.32 Å². The molecule has 0 heterocycles. The number of rotatable bonds is 7. The van der Waals surface area contributed by atoms with E-state index in [1.165, 1.54) is 16.0 Å². The molecule has 2 rings (SSSR count). The molecule has 5 heteroatoms. The molecule has 3 nitrogen and oxygen atoms in total. The Morgan fingerprint density at radius 1 is 1.12 bits per heavy atom. The van der Waals surface area contributed by atoms with E-state index in [0.717, 1.165) is 30.2 Å². The van der Waals surface area contributed by atoms with Crippen molar-refractivity contribution in [2.75, 3.05) is 24.7 Å². The summed E-state index contributed by atoms with van der Waals surface area (Å²) >= 11 is 7.21. The van der Waals surface area contributed by atoms with E-state index < -0.39 is 0 Å². The molecule has 0 aliphatic carbocycles. The standard InChI is InChI=1S/C19H24N2OS2/c1-14-5-6-15(2)18(13-14)21-19(23)20-11-4-12-24-17-9-7-16(22-3)8-10-17/h5-10,13H,4,11-12H2,1-3H3,(H2,20,21,23). The van der Waals surface area contributed by atoms with E-state index in [1.807, 2.05) is 23.9 Å². The van der Waals surface area contributed by atoms with Crippen LogP contribution in [0.25, 0.3) is 0 Å². The smallest absolute Gasteiger partial charge is 0.170 e. The molecule has 0 radical (unpaired) electrons. The number of aryl methyl sites for hydroxylation is 2. The molecule has 0 atom stereocenters. The van der Waals surface area contributed by atoms with E-state index in [4.69, 9.17) is 17.0 Å². The number of ether oxygens (including phenoxy) is 1. The van der Waals surface area contributed by atoms with Crippen molar-refractivity contribution in [2.24, 2.45) is 0 Å². The van der Waals surface area contributed by atoms with Gasteiger partial charge in [0.25, 0.3) is 0 Å². The monoisotopic (exact) mass is 360 g/mol. The maximum atomic E-state index is 5.37. The van der Waals surface area contributed by atoms with Gasteiger partial charge in [0.1, 0.15) is 5.75 Å². The molecule has 2 aromatic rings. The fourth-order valence-electron chi connectivity index (χ4n) is 2.17. The van der Waals surface area contributed by atoms with Gasteiger partial charge in [0, 0.05) is 17.1 Å².